The summed E-state index contributed by atoms with van der Waals surface area (Å²) in [5.41, 5.74) is 6.83. The first-order valence-corrected chi connectivity index (χ1v) is 12.5. The third-order valence-corrected chi connectivity index (χ3v) is 7.46. The highest BCUT2D eigenvalue weighted by Crippen LogP contribution is 2.46. The molecule has 0 spiro atoms. The molecule has 1 fully saturated rings. The number of nitrogens with one attached hydrogen (secondary N) is 1. The number of carbonyl (C=O) groups is 2. The van der Waals surface area contributed by atoms with Crippen LogP contribution in [0.5, 0.6) is 0 Å². The Balaban J connectivity index is 1.54. The van der Waals surface area contributed by atoms with Gasteiger partial charge < -0.3 is 19.5 Å². The second-order valence-electron chi connectivity index (χ2n) is 9.64. The van der Waals surface area contributed by atoms with Crippen LogP contribution in [0.15, 0.2) is 72.8 Å². The predicted molar refractivity (Wildman–Crippen MR) is 140 cm³/mol. The van der Waals surface area contributed by atoms with E-state index >= 15 is 0 Å². The number of ether oxygens (including phenoxy) is 1. The van der Waals surface area contributed by atoms with Crippen LogP contribution >= 0.6 is 0 Å². The number of aromatic nitrogens is 1. The Kier molecular flexibility index (Phi) is 5.61. The fourth-order valence-electron chi connectivity index (χ4n) is 5.59. The van der Waals surface area contributed by atoms with E-state index in [4.69, 9.17) is 4.74 Å². The zero-order valence-electron chi connectivity index (χ0n) is 20.5. The van der Waals surface area contributed by atoms with Gasteiger partial charge in [-0.1, -0.05) is 66.2 Å². The third-order valence-electron chi connectivity index (χ3n) is 7.46. The van der Waals surface area contributed by atoms with Crippen molar-refractivity contribution in [1.82, 2.24) is 14.8 Å². The number of para-hydroxylation sites is 1. The van der Waals surface area contributed by atoms with Crippen molar-refractivity contribution in [2.24, 2.45) is 0 Å². The van der Waals surface area contributed by atoms with Crippen molar-refractivity contribution < 1.29 is 14.3 Å². The van der Waals surface area contributed by atoms with Crippen LogP contribution in [-0.4, -0.2) is 58.9 Å². The van der Waals surface area contributed by atoms with E-state index in [1.807, 2.05) is 48.2 Å². The second-order valence-corrected chi connectivity index (χ2v) is 9.64. The number of benzene rings is 3. The minimum atomic E-state index is -0.618. The minimum absolute atomic E-state index is 0.0406. The molecule has 2 atom stereocenters. The van der Waals surface area contributed by atoms with Gasteiger partial charge in [0.05, 0.1) is 24.9 Å². The largest absolute Gasteiger partial charge is 0.378 e. The summed E-state index contributed by atoms with van der Waals surface area (Å²) in [6.45, 7) is 6.07. The number of hydrogen-bond acceptors (Lipinski definition) is 3. The summed E-state index contributed by atoms with van der Waals surface area (Å²) in [5, 5.41) is 1.05. The Morgan fingerprint density at radius 2 is 1.67 bits per heavy atom. The van der Waals surface area contributed by atoms with E-state index in [-0.39, 0.29) is 17.9 Å². The molecule has 1 N–H and O–H groups in total. The fraction of sp³-hybridized carbons (Fsp3) is 0.267. The molecule has 0 saturated carbocycles. The van der Waals surface area contributed by atoms with Gasteiger partial charge in [0.15, 0.2) is 0 Å². The van der Waals surface area contributed by atoms with E-state index in [0.717, 1.165) is 33.3 Å². The molecule has 2 aliphatic heterocycles. The van der Waals surface area contributed by atoms with Crippen LogP contribution in [0.25, 0.3) is 22.2 Å². The van der Waals surface area contributed by atoms with Gasteiger partial charge in [-0.25, -0.2) is 0 Å². The van der Waals surface area contributed by atoms with E-state index in [1.54, 1.807) is 4.90 Å². The second kappa shape index (κ2) is 8.95. The van der Waals surface area contributed by atoms with Crippen molar-refractivity contribution in [2.45, 2.75) is 25.9 Å². The number of fused-ring (bicyclic) bond motifs is 2. The lowest BCUT2D eigenvalue weighted by Crippen LogP contribution is -2.51. The summed E-state index contributed by atoms with van der Waals surface area (Å²) in [6.07, 6.45) is 0. The van der Waals surface area contributed by atoms with E-state index in [0.29, 0.717) is 31.9 Å². The van der Waals surface area contributed by atoms with E-state index in [9.17, 15) is 9.59 Å². The van der Waals surface area contributed by atoms with Gasteiger partial charge in [0.2, 0.25) is 5.91 Å². The summed E-state index contributed by atoms with van der Waals surface area (Å²) in [7, 11) is 0. The Morgan fingerprint density at radius 1 is 0.972 bits per heavy atom. The number of H-pyrrole nitrogens is 1. The quantitative estimate of drug-likeness (QED) is 0.451. The van der Waals surface area contributed by atoms with Crippen molar-refractivity contribution >= 4 is 22.7 Å². The molecule has 3 aromatic carbocycles. The molecule has 4 aromatic rings. The van der Waals surface area contributed by atoms with Crippen molar-refractivity contribution in [3.63, 3.8) is 0 Å². The van der Waals surface area contributed by atoms with Gasteiger partial charge in [-0.2, -0.15) is 0 Å². The summed E-state index contributed by atoms with van der Waals surface area (Å²) in [6, 6.07) is 23.3. The number of rotatable bonds is 4. The maximum Gasteiger partial charge on any atom is 0.255 e. The van der Waals surface area contributed by atoms with Crippen molar-refractivity contribution in [3.05, 3.63) is 95.1 Å². The van der Waals surface area contributed by atoms with Gasteiger partial charge in [-0.05, 0) is 37.1 Å². The SMILES string of the molecule is Cc1ccc(-c2[nH]c3ccccc3c2[C@@H]2c3ccccc3C(=O)N2[C@H](C)C(=O)N2CCOCC2)cc1. The third kappa shape index (κ3) is 3.60. The summed E-state index contributed by atoms with van der Waals surface area (Å²) in [4.78, 5) is 34.7. The topological polar surface area (TPSA) is 65.6 Å². The zero-order valence-corrected chi connectivity index (χ0v) is 20.5. The molecule has 0 bridgehead atoms. The monoisotopic (exact) mass is 479 g/mol. The normalized spacial score (nSPS) is 18.5. The maximum absolute atomic E-state index is 13.9. The fourth-order valence-corrected chi connectivity index (χ4v) is 5.59. The minimum Gasteiger partial charge on any atom is -0.378 e. The lowest BCUT2D eigenvalue weighted by molar-refractivity contribution is -0.140. The summed E-state index contributed by atoms with van der Waals surface area (Å²) >= 11 is 0. The van der Waals surface area contributed by atoms with Gasteiger partial charge in [0, 0.05) is 35.1 Å². The highest BCUT2D eigenvalue weighted by atomic mass is 16.5. The number of aromatic amines is 1. The maximum atomic E-state index is 13.9. The average molecular weight is 480 g/mol. The van der Waals surface area contributed by atoms with E-state index < -0.39 is 6.04 Å². The van der Waals surface area contributed by atoms with Crippen LogP contribution < -0.4 is 0 Å². The molecular weight excluding hydrogens is 450 g/mol. The van der Waals surface area contributed by atoms with E-state index in [1.165, 1.54) is 5.56 Å². The molecule has 1 saturated heterocycles. The molecule has 182 valence electrons. The molecule has 36 heavy (non-hydrogen) atoms. The highest BCUT2D eigenvalue weighted by Gasteiger charge is 2.45. The van der Waals surface area contributed by atoms with Crippen LogP contribution in [0.3, 0.4) is 0 Å². The number of carbonyl (C=O) groups excluding carboxylic acids is 2. The highest BCUT2D eigenvalue weighted by molar-refractivity contribution is 6.04. The van der Waals surface area contributed by atoms with Crippen molar-refractivity contribution in [2.75, 3.05) is 26.3 Å². The molecule has 2 amide bonds. The molecule has 6 heteroatoms. The molecule has 3 heterocycles. The van der Waals surface area contributed by atoms with Crippen molar-refractivity contribution in [1.29, 1.82) is 0 Å². The lowest BCUT2D eigenvalue weighted by atomic mass is 9.92. The first-order valence-electron chi connectivity index (χ1n) is 12.5. The Bertz CT molecular complexity index is 1450. The van der Waals surface area contributed by atoms with Crippen LogP contribution in [0.4, 0.5) is 0 Å². The number of nitrogens with zero attached hydrogens (tertiary/aromatic N) is 2. The van der Waals surface area contributed by atoms with Gasteiger partial charge in [0.1, 0.15) is 6.04 Å². The Labute approximate surface area is 210 Å². The van der Waals surface area contributed by atoms with Crippen LogP contribution in [0.2, 0.25) is 0 Å². The van der Waals surface area contributed by atoms with Crippen LogP contribution in [-0.2, 0) is 9.53 Å². The predicted octanol–water partition coefficient (Wildman–Crippen LogP) is 4.94. The van der Waals surface area contributed by atoms with Gasteiger partial charge >= 0.3 is 0 Å². The van der Waals surface area contributed by atoms with Crippen LogP contribution in [0.1, 0.15) is 40.0 Å². The molecular formula is C30H29N3O3. The van der Waals surface area contributed by atoms with E-state index in [2.05, 4.69) is 48.3 Å². The summed E-state index contributed by atoms with van der Waals surface area (Å²) in [5.74, 6) is -0.147. The first kappa shape index (κ1) is 22.6. The first-order chi connectivity index (χ1) is 17.5. The lowest BCUT2D eigenvalue weighted by Gasteiger charge is -2.36. The van der Waals surface area contributed by atoms with Crippen molar-refractivity contribution in [3.8, 4) is 11.3 Å². The Morgan fingerprint density at radius 3 is 2.44 bits per heavy atom. The van der Waals surface area contributed by atoms with Gasteiger partial charge in [-0.15, -0.1) is 0 Å². The zero-order chi connectivity index (χ0) is 24.8. The molecule has 6 rings (SSSR count). The number of amides is 2. The molecule has 2 aliphatic rings. The molecule has 0 aliphatic carbocycles. The summed E-state index contributed by atoms with van der Waals surface area (Å²) < 4.78 is 5.45. The van der Waals surface area contributed by atoms with Gasteiger partial charge in [0.25, 0.3) is 5.91 Å². The number of hydrogen-bond donors (Lipinski definition) is 1. The average Bonchev–Trinajstić information content (AvgIpc) is 3.44. The number of morpholine rings is 1. The molecule has 0 radical (unpaired) electrons. The number of aryl methyl sites for hydroxylation is 1. The molecule has 6 nitrogen and oxygen atoms in total. The standard InChI is InChI=1S/C30H29N3O3/c1-19-11-13-21(14-12-19)27-26(24-9-5-6-10-25(24)31-27)28-22-7-3-4-8-23(22)30(35)33(28)20(2)29(34)32-15-17-36-18-16-32/h3-14,20,28,31H,15-18H2,1-2H3/t20-,28+/m1/s1. The molecule has 0 unspecified atom stereocenters. The van der Waals surface area contributed by atoms with Gasteiger partial charge in [-0.3, -0.25) is 9.59 Å². The smallest absolute Gasteiger partial charge is 0.255 e. The molecule has 1 aromatic heterocycles. The Hall–Kier alpha value is -3.90. The van der Waals surface area contributed by atoms with Crippen LogP contribution in [0, 0.1) is 6.92 Å².